The van der Waals surface area contributed by atoms with Crippen molar-refractivity contribution in [2.45, 2.75) is 13.3 Å². The van der Waals surface area contributed by atoms with Gasteiger partial charge in [0.15, 0.2) is 0 Å². The molecular weight excluding hydrogens is 163 g/mol. The molecule has 0 fully saturated rings. The fourth-order valence-electron chi connectivity index (χ4n) is 1.03. The summed E-state index contributed by atoms with van der Waals surface area (Å²) < 4.78 is 0. The van der Waals surface area contributed by atoms with Crippen LogP contribution in [0.1, 0.15) is 22.8 Å². The molecule has 58 valence electrons. The monoisotopic (exact) mass is 172 g/mol. The molecule has 3 heteroatoms. The van der Waals surface area contributed by atoms with Crippen LogP contribution >= 0.6 is 0 Å². The summed E-state index contributed by atoms with van der Waals surface area (Å²) >= 11 is 0. The molecule has 0 atom stereocenters. The second-order valence-electron chi connectivity index (χ2n) is 2.30. The zero-order valence-corrected chi connectivity index (χ0v) is 9.33. The van der Waals surface area contributed by atoms with Crippen molar-refractivity contribution in [1.82, 2.24) is 0 Å². The number of hydrogen-bond donors (Lipinski definition) is 0. The largest absolute Gasteiger partial charge is 1.00 e. The third kappa shape index (κ3) is 2.63. The van der Waals surface area contributed by atoms with Crippen molar-refractivity contribution in [3.63, 3.8) is 0 Å². The standard InChI is InChI=1S/C9H10O2.Na/c1-2-7-5-3-4-6-8(7)9(10)11;/h3-6H,2H2,1H3,(H,10,11);/q;+1/p-1. The Bertz CT molecular complexity index is 271. The molecule has 0 aliphatic rings. The number of aryl methyl sites for hydroxylation is 1. The molecule has 0 heterocycles. The molecule has 0 amide bonds. The van der Waals surface area contributed by atoms with E-state index in [4.69, 9.17) is 0 Å². The van der Waals surface area contributed by atoms with E-state index >= 15 is 0 Å². The van der Waals surface area contributed by atoms with E-state index in [-0.39, 0.29) is 29.6 Å². The molecule has 1 rings (SSSR count). The third-order valence-corrected chi connectivity index (χ3v) is 1.62. The predicted octanol–water partition coefficient (Wildman–Crippen LogP) is -2.38. The molecule has 12 heavy (non-hydrogen) atoms. The summed E-state index contributed by atoms with van der Waals surface area (Å²) in [7, 11) is 0. The molecule has 0 spiro atoms. The number of carbonyl (C=O) groups is 1. The quantitative estimate of drug-likeness (QED) is 0.467. The molecule has 0 aromatic heterocycles. The van der Waals surface area contributed by atoms with Crippen molar-refractivity contribution in [2.24, 2.45) is 0 Å². The normalized spacial score (nSPS) is 8.75. The van der Waals surface area contributed by atoms with Crippen LogP contribution in [-0.2, 0) is 6.42 Å². The van der Waals surface area contributed by atoms with Gasteiger partial charge in [-0.1, -0.05) is 31.2 Å². The van der Waals surface area contributed by atoms with Crippen molar-refractivity contribution in [3.05, 3.63) is 35.4 Å². The second kappa shape index (κ2) is 5.36. The molecule has 0 bridgehead atoms. The minimum absolute atomic E-state index is 0. The number of carboxylic acid groups (broad SMARTS) is 1. The van der Waals surface area contributed by atoms with E-state index in [1.165, 1.54) is 0 Å². The van der Waals surface area contributed by atoms with Gasteiger partial charge in [0.05, 0.1) is 5.97 Å². The zero-order valence-electron chi connectivity index (χ0n) is 7.33. The Kier molecular flexibility index (Phi) is 5.22. The molecule has 0 saturated heterocycles. The van der Waals surface area contributed by atoms with Crippen LogP contribution in [0.3, 0.4) is 0 Å². The van der Waals surface area contributed by atoms with Gasteiger partial charge in [-0.3, -0.25) is 0 Å². The van der Waals surface area contributed by atoms with Crippen molar-refractivity contribution in [3.8, 4) is 0 Å². The van der Waals surface area contributed by atoms with Crippen LogP contribution in [0.15, 0.2) is 24.3 Å². The first-order valence-electron chi connectivity index (χ1n) is 3.55. The van der Waals surface area contributed by atoms with E-state index in [9.17, 15) is 9.90 Å². The minimum atomic E-state index is -1.09. The Morgan fingerprint density at radius 2 is 2.00 bits per heavy atom. The Labute approximate surface area is 93.9 Å². The maximum Gasteiger partial charge on any atom is 1.00 e. The summed E-state index contributed by atoms with van der Waals surface area (Å²) in [5.41, 5.74) is 1.13. The Balaban J connectivity index is 0.00000121. The number of aromatic carboxylic acids is 1. The van der Waals surface area contributed by atoms with Crippen LogP contribution in [0.4, 0.5) is 0 Å². The summed E-state index contributed by atoms with van der Waals surface area (Å²) in [6.45, 7) is 1.92. The summed E-state index contributed by atoms with van der Waals surface area (Å²) in [5, 5.41) is 10.5. The fourth-order valence-corrected chi connectivity index (χ4v) is 1.03. The first kappa shape index (κ1) is 11.7. The molecule has 0 aliphatic heterocycles. The van der Waals surface area contributed by atoms with Crippen molar-refractivity contribution < 1.29 is 39.5 Å². The maximum atomic E-state index is 10.5. The number of rotatable bonds is 2. The Hall–Kier alpha value is -0.310. The SMILES string of the molecule is CCc1ccccc1C(=O)[O-].[Na+]. The van der Waals surface area contributed by atoms with Crippen LogP contribution in [-0.4, -0.2) is 5.97 Å². The van der Waals surface area contributed by atoms with Crippen LogP contribution in [0.2, 0.25) is 0 Å². The topological polar surface area (TPSA) is 40.1 Å². The van der Waals surface area contributed by atoms with E-state index < -0.39 is 5.97 Å². The number of hydrogen-bond acceptors (Lipinski definition) is 2. The van der Waals surface area contributed by atoms with Crippen LogP contribution < -0.4 is 34.7 Å². The summed E-state index contributed by atoms with van der Waals surface area (Å²) in [6, 6.07) is 6.88. The number of benzene rings is 1. The second-order valence-corrected chi connectivity index (χ2v) is 2.30. The molecule has 2 nitrogen and oxygen atoms in total. The number of carboxylic acids is 1. The van der Waals surface area contributed by atoms with Crippen LogP contribution in [0, 0.1) is 0 Å². The fraction of sp³-hybridized carbons (Fsp3) is 0.222. The summed E-state index contributed by atoms with van der Waals surface area (Å²) in [4.78, 5) is 10.5. The smallest absolute Gasteiger partial charge is 0.545 e. The van der Waals surface area contributed by atoms with E-state index in [0.717, 1.165) is 12.0 Å². The van der Waals surface area contributed by atoms with Gasteiger partial charge in [-0.2, -0.15) is 0 Å². The van der Waals surface area contributed by atoms with E-state index in [1.54, 1.807) is 18.2 Å². The number of carbonyl (C=O) groups excluding carboxylic acids is 1. The molecule has 1 aromatic carbocycles. The Morgan fingerprint density at radius 1 is 1.42 bits per heavy atom. The van der Waals surface area contributed by atoms with Crippen molar-refractivity contribution >= 4 is 5.97 Å². The van der Waals surface area contributed by atoms with Gasteiger partial charge in [0.25, 0.3) is 0 Å². The van der Waals surface area contributed by atoms with Gasteiger partial charge in [-0.25, -0.2) is 0 Å². The van der Waals surface area contributed by atoms with Gasteiger partial charge in [-0.15, -0.1) is 0 Å². The maximum absolute atomic E-state index is 10.5. The Morgan fingerprint density at radius 3 is 2.42 bits per heavy atom. The van der Waals surface area contributed by atoms with Crippen molar-refractivity contribution in [2.75, 3.05) is 0 Å². The van der Waals surface area contributed by atoms with Gasteiger partial charge in [-0.05, 0) is 12.0 Å². The van der Waals surface area contributed by atoms with Crippen LogP contribution in [0.25, 0.3) is 0 Å². The van der Waals surface area contributed by atoms with Gasteiger partial charge in [0.2, 0.25) is 0 Å². The zero-order chi connectivity index (χ0) is 8.27. The van der Waals surface area contributed by atoms with Gasteiger partial charge in [0, 0.05) is 5.56 Å². The third-order valence-electron chi connectivity index (χ3n) is 1.62. The molecule has 0 unspecified atom stereocenters. The minimum Gasteiger partial charge on any atom is -0.545 e. The van der Waals surface area contributed by atoms with Crippen LogP contribution in [0.5, 0.6) is 0 Å². The van der Waals surface area contributed by atoms with Gasteiger partial charge in [0.1, 0.15) is 0 Å². The summed E-state index contributed by atoms with van der Waals surface area (Å²) in [6.07, 6.45) is 0.726. The first-order valence-corrected chi connectivity index (χ1v) is 3.55. The van der Waals surface area contributed by atoms with Crippen molar-refractivity contribution in [1.29, 1.82) is 0 Å². The molecule has 0 aliphatic carbocycles. The molecule has 0 N–H and O–H groups in total. The molecule has 1 aromatic rings. The van der Waals surface area contributed by atoms with Gasteiger partial charge < -0.3 is 9.90 Å². The molecule has 0 radical (unpaired) electrons. The van der Waals surface area contributed by atoms with E-state index in [2.05, 4.69) is 0 Å². The average molecular weight is 172 g/mol. The average Bonchev–Trinajstić information content (AvgIpc) is 2.04. The van der Waals surface area contributed by atoms with E-state index in [1.807, 2.05) is 13.0 Å². The predicted molar refractivity (Wildman–Crippen MR) is 40.2 cm³/mol. The first-order chi connectivity index (χ1) is 5.25. The summed E-state index contributed by atoms with van der Waals surface area (Å²) in [5.74, 6) is -1.09. The van der Waals surface area contributed by atoms with E-state index in [0.29, 0.717) is 5.56 Å². The van der Waals surface area contributed by atoms with Gasteiger partial charge >= 0.3 is 29.6 Å². The molecule has 0 saturated carbocycles. The molecular formula is C9H9NaO2.